The van der Waals surface area contributed by atoms with Crippen LogP contribution in [0.15, 0.2) is 105 Å². The number of hydrogen-bond donors (Lipinski definition) is 0. The first kappa shape index (κ1) is 23.9. The first-order valence-electron chi connectivity index (χ1n) is 11.3. The van der Waals surface area contributed by atoms with Crippen LogP contribution in [0, 0.1) is 10.1 Å². The summed E-state index contributed by atoms with van der Waals surface area (Å²) in [6.45, 7) is 2.38. The molecule has 5 rings (SSSR count). The van der Waals surface area contributed by atoms with Gasteiger partial charge in [-0.15, -0.1) is 0 Å². The molecule has 0 N–H and O–H groups in total. The van der Waals surface area contributed by atoms with E-state index in [-0.39, 0.29) is 11.6 Å². The van der Waals surface area contributed by atoms with E-state index in [2.05, 4.69) is 40.2 Å². The second kappa shape index (κ2) is 10.0. The van der Waals surface area contributed by atoms with Crippen molar-refractivity contribution in [3.8, 4) is 11.1 Å². The monoisotopic (exact) mass is 514 g/mol. The Kier molecular flexibility index (Phi) is 6.67. The number of nitro benzene ring substituents is 1. The molecular formula is C27H22N4O3S2. The molecule has 3 aromatic rings. The number of nitrogens with zero attached hydrogens (tertiary/aromatic N) is 4. The lowest BCUT2D eigenvalue weighted by Gasteiger charge is -2.14. The average molecular weight is 515 g/mol. The van der Waals surface area contributed by atoms with E-state index >= 15 is 0 Å². The van der Waals surface area contributed by atoms with Crippen LogP contribution in [0.1, 0.15) is 6.92 Å². The summed E-state index contributed by atoms with van der Waals surface area (Å²) in [7, 11) is 2.03. The molecule has 36 heavy (non-hydrogen) atoms. The van der Waals surface area contributed by atoms with E-state index in [1.165, 1.54) is 34.4 Å². The van der Waals surface area contributed by atoms with Crippen LogP contribution in [0.4, 0.5) is 17.1 Å². The van der Waals surface area contributed by atoms with Crippen LogP contribution < -0.4 is 4.90 Å². The molecule has 3 aromatic carbocycles. The summed E-state index contributed by atoms with van der Waals surface area (Å²) >= 11 is 2.98. The van der Waals surface area contributed by atoms with E-state index in [4.69, 9.17) is 0 Å². The van der Waals surface area contributed by atoms with Crippen molar-refractivity contribution in [2.24, 2.45) is 4.99 Å². The van der Waals surface area contributed by atoms with Gasteiger partial charge in [-0.1, -0.05) is 48.2 Å². The fraction of sp³-hybridized carbons (Fsp3) is 0.111. The topological polar surface area (TPSA) is 79.0 Å². The van der Waals surface area contributed by atoms with Crippen LogP contribution in [-0.2, 0) is 4.79 Å². The summed E-state index contributed by atoms with van der Waals surface area (Å²) in [4.78, 5) is 33.5. The van der Waals surface area contributed by atoms with Gasteiger partial charge in [0.25, 0.3) is 11.6 Å². The molecule has 0 atom stereocenters. The molecule has 2 aliphatic rings. The number of carbonyl (C=O) groups is 1. The van der Waals surface area contributed by atoms with Crippen LogP contribution in [0.25, 0.3) is 11.1 Å². The summed E-state index contributed by atoms with van der Waals surface area (Å²) < 4.78 is 0. The highest BCUT2D eigenvalue weighted by molar-refractivity contribution is 8.18. The number of benzene rings is 3. The predicted molar refractivity (Wildman–Crippen MR) is 147 cm³/mol. The average Bonchev–Trinajstić information content (AvgIpc) is 3.38. The number of amidine groups is 1. The third kappa shape index (κ3) is 4.67. The minimum Gasteiger partial charge on any atom is -0.338 e. The Morgan fingerprint density at radius 2 is 1.72 bits per heavy atom. The van der Waals surface area contributed by atoms with Gasteiger partial charge in [0.15, 0.2) is 5.17 Å². The minimum atomic E-state index is -0.448. The number of aliphatic imine (C=N–C) groups is 1. The molecule has 0 bridgehead atoms. The summed E-state index contributed by atoms with van der Waals surface area (Å²) in [6.07, 6.45) is 3.81. The first-order chi connectivity index (χ1) is 17.4. The molecule has 9 heteroatoms. The number of thioether (sulfide) groups is 2. The number of fused-ring (bicyclic) bond motifs is 1. The summed E-state index contributed by atoms with van der Waals surface area (Å²) in [5, 5.41) is 12.5. The van der Waals surface area contributed by atoms with Gasteiger partial charge in [-0.3, -0.25) is 19.8 Å². The molecule has 1 amide bonds. The zero-order chi connectivity index (χ0) is 25.2. The highest BCUT2D eigenvalue weighted by Crippen LogP contribution is 2.46. The predicted octanol–water partition coefficient (Wildman–Crippen LogP) is 6.81. The highest BCUT2D eigenvalue weighted by atomic mass is 32.2. The Labute approximate surface area is 217 Å². The molecule has 7 nitrogen and oxygen atoms in total. The molecule has 0 saturated carbocycles. The molecule has 2 heterocycles. The zero-order valence-electron chi connectivity index (χ0n) is 19.6. The van der Waals surface area contributed by atoms with Crippen molar-refractivity contribution in [2.75, 3.05) is 18.5 Å². The maximum atomic E-state index is 13.0. The number of likely N-dealkylation sites (N-methyl/N-ethyl adjacent to an activating group) is 1. The summed E-state index contributed by atoms with van der Waals surface area (Å²) in [5.74, 6) is -0.102. The van der Waals surface area contributed by atoms with Crippen molar-refractivity contribution in [3.63, 3.8) is 0 Å². The van der Waals surface area contributed by atoms with Gasteiger partial charge in [0.2, 0.25) is 0 Å². The van der Waals surface area contributed by atoms with E-state index in [1.54, 1.807) is 28.8 Å². The Bertz CT molecular complexity index is 1430. The van der Waals surface area contributed by atoms with Gasteiger partial charge in [0.05, 0.1) is 26.2 Å². The van der Waals surface area contributed by atoms with Crippen LogP contribution in [0.5, 0.6) is 0 Å². The number of amides is 1. The van der Waals surface area contributed by atoms with Gasteiger partial charge in [0, 0.05) is 30.6 Å². The zero-order valence-corrected chi connectivity index (χ0v) is 21.3. The maximum Gasteiger partial charge on any atom is 0.269 e. The van der Waals surface area contributed by atoms with Gasteiger partial charge in [-0.2, -0.15) is 0 Å². The van der Waals surface area contributed by atoms with Gasteiger partial charge < -0.3 is 4.90 Å². The number of hydrogen-bond acceptors (Lipinski definition) is 7. The van der Waals surface area contributed by atoms with Crippen molar-refractivity contribution < 1.29 is 9.72 Å². The van der Waals surface area contributed by atoms with E-state index in [0.29, 0.717) is 22.3 Å². The van der Waals surface area contributed by atoms with E-state index in [1.807, 2.05) is 44.3 Å². The third-order valence-electron chi connectivity index (χ3n) is 5.84. The smallest absolute Gasteiger partial charge is 0.269 e. The summed E-state index contributed by atoms with van der Waals surface area (Å²) in [5.41, 5.74) is 4.03. The van der Waals surface area contributed by atoms with E-state index in [9.17, 15) is 14.9 Å². The third-order valence-corrected chi connectivity index (χ3v) is 8.05. The number of carbonyl (C=O) groups excluding carboxylic acids is 1. The van der Waals surface area contributed by atoms with Gasteiger partial charge in [0.1, 0.15) is 0 Å². The largest absolute Gasteiger partial charge is 0.338 e. The lowest BCUT2D eigenvalue weighted by molar-refractivity contribution is -0.384. The van der Waals surface area contributed by atoms with Gasteiger partial charge in [-0.25, -0.2) is 4.99 Å². The lowest BCUT2D eigenvalue weighted by atomic mass is 10.1. The van der Waals surface area contributed by atoms with Crippen molar-refractivity contribution in [2.45, 2.75) is 11.8 Å². The Hall–Kier alpha value is -3.82. The maximum absolute atomic E-state index is 13.0. The van der Waals surface area contributed by atoms with Crippen molar-refractivity contribution >= 4 is 51.7 Å². The number of anilines is 1. The van der Waals surface area contributed by atoms with Crippen LogP contribution in [0.2, 0.25) is 0 Å². The normalized spacial score (nSPS) is 18.5. The Morgan fingerprint density at radius 1 is 0.972 bits per heavy atom. The second-order valence-electron chi connectivity index (χ2n) is 8.06. The molecule has 180 valence electrons. The molecule has 0 radical (unpaired) electrons. The first-order valence-corrected chi connectivity index (χ1v) is 12.9. The van der Waals surface area contributed by atoms with Crippen molar-refractivity contribution in [1.29, 1.82) is 0 Å². The fourth-order valence-electron chi connectivity index (χ4n) is 3.91. The number of nitro groups is 1. The minimum absolute atomic E-state index is 0.00345. The highest BCUT2D eigenvalue weighted by Gasteiger charge is 2.32. The fourth-order valence-corrected chi connectivity index (χ4v) is 5.95. The Morgan fingerprint density at radius 3 is 2.42 bits per heavy atom. The van der Waals surface area contributed by atoms with Crippen LogP contribution in [-0.4, -0.2) is 34.5 Å². The summed E-state index contributed by atoms with van der Waals surface area (Å²) in [6, 6.07) is 22.7. The quantitative estimate of drug-likeness (QED) is 0.211. The lowest BCUT2D eigenvalue weighted by Crippen LogP contribution is -2.28. The standard InChI is InChI=1S/C27H22N4O3S2/c1-3-30-26(32)24(36-27(30)28-20-10-12-21(13-11-20)31(33)34)15-16-25-29(2)22-17-19(9-14-23(22)35-25)18-7-5-4-6-8-18/h4-17H,3H2,1-2H3. The Balaban J connectivity index is 1.37. The molecular weight excluding hydrogens is 492 g/mol. The molecule has 0 spiro atoms. The van der Waals surface area contributed by atoms with Crippen LogP contribution >= 0.6 is 23.5 Å². The second-order valence-corrected chi connectivity index (χ2v) is 10.1. The molecule has 1 saturated heterocycles. The number of allylic oxidation sites excluding steroid dienone is 2. The SMILES string of the molecule is CCN1C(=O)C(=CC=C2Sc3ccc(-c4ccccc4)cc3N2C)SC1=Nc1ccc([N+](=O)[O-])cc1. The molecule has 0 unspecified atom stereocenters. The van der Waals surface area contributed by atoms with Crippen molar-refractivity contribution in [1.82, 2.24) is 4.90 Å². The van der Waals surface area contributed by atoms with Crippen LogP contribution in [0.3, 0.4) is 0 Å². The van der Waals surface area contributed by atoms with E-state index < -0.39 is 4.92 Å². The van der Waals surface area contributed by atoms with Gasteiger partial charge in [-0.05, 0) is 66.2 Å². The number of non-ortho nitro benzene ring substituents is 1. The molecule has 0 aliphatic carbocycles. The molecule has 0 aromatic heterocycles. The molecule has 1 fully saturated rings. The van der Waals surface area contributed by atoms with Gasteiger partial charge >= 0.3 is 0 Å². The number of rotatable bonds is 5. The van der Waals surface area contributed by atoms with E-state index in [0.717, 1.165) is 16.3 Å². The van der Waals surface area contributed by atoms with Crippen molar-refractivity contribution in [3.05, 3.63) is 105 Å². The molecule has 2 aliphatic heterocycles.